The molecule has 6 nitrogen and oxygen atoms in total. The molecular weight excluding hydrogens is 366 g/mol. The number of anilines is 1. The van der Waals surface area contributed by atoms with Crippen LogP contribution in [0, 0.1) is 0 Å². The second kappa shape index (κ2) is 9.18. The van der Waals surface area contributed by atoms with Crippen molar-refractivity contribution in [3.05, 3.63) is 54.1 Å². The van der Waals surface area contributed by atoms with Crippen molar-refractivity contribution in [3.8, 4) is 11.5 Å². The smallest absolute Gasteiger partial charge is 0.261 e. The van der Waals surface area contributed by atoms with E-state index >= 15 is 0 Å². The largest absolute Gasteiger partial charge is 0.497 e. The minimum Gasteiger partial charge on any atom is -0.497 e. The van der Waals surface area contributed by atoms with Crippen LogP contribution in [-0.4, -0.2) is 63.3 Å². The number of ether oxygens (including phenoxy) is 2. The van der Waals surface area contributed by atoms with Crippen LogP contribution in [-0.2, 0) is 11.2 Å². The molecule has 1 amide bonds. The summed E-state index contributed by atoms with van der Waals surface area (Å²) in [5.41, 5.74) is 2.36. The first kappa shape index (κ1) is 19.6. The maximum absolute atomic E-state index is 12.3. The first-order valence-corrected chi connectivity index (χ1v) is 10.4. The van der Waals surface area contributed by atoms with Crippen LogP contribution in [0.15, 0.2) is 48.5 Å². The molecule has 1 atom stereocenters. The van der Waals surface area contributed by atoms with Gasteiger partial charge < -0.3 is 19.7 Å². The molecular formula is C23H29N3O3. The first-order valence-electron chi connectivity index (χ1n) is 10.4. The Labute approximate surface area is 172 Å². The van der Waals surface area contributed by atoms with Gasteiger partial charge in [0.2, 0.25) is 0 Å². The summed E-state index contributed by atoms with van der Waals surface area (Å²) in [6, 6.07) is 16.1. The van der Waals surface area contributed by atoms with Gasteiger partial charge >= 0.3 is 0 Å². The maximum Gasteiger partial charge on any atom is 0.261 e. The van der Waals surface area contributed by atoms with Crippen molar-refractivity contribution in [1.82, 2.24) is 10.2 Å². The molecule has 2 aliphatic heterocycles. The molecule has 0 saturated carbocycles. The molecule has 0 aromatic heterocycles. The number of hydrogen-bond acceptors (Lipinski definition) is 5. The molecule has 2 aromatic carbocycles. The monoisotopic (exact) mass is 395 g/mol. The van der Waals surface area contributed by atoms with Crippen LogP contribution in [0.4, 0.5) is 5.69 Å². The van der Waals surface area contributed by atoms with Gasteiger partial charge in [0.1, 0.15) is 11.5 Å². The van der Waals surface area contributed by atoms with E-state index in [1.54, 1.807) is 7.11 Å². The number of nitrogens with one attached hydrogen (secondary N) is 1. The van der Waals surface area contributed by atoms with Crippen LogP contribution in [0.5, 0.6) is 11.5 Å². The average Bonchev–Trinajstić information content (AvgIpc) is 3.22. The molecule has 2 heterocycles. The van der Waals surface area contributed by atoms with Gasteiger partial charge in [-0.2, -0.15) is 0 Å². The zero-order valence-corrected chi connectivity index (χ0v) is 17.0. The highest BCUT2D eigenvalue weighted by molar-refractivity contribution is 5.82. The van der Waals surface area contributed by atoms with Crippen molar-refractivity contribution in [3.63, 3.8) is 0 Å². The van der Waals surface area contributed by atoms with Crippen LogP contribution in [0.3, 0.4) is 0 Å². The Morgan fingerprint density at radius 2 is 1.86 bits per heavy atom. The number of amides is 1. The molecule has 0 radical (unpaired) electrons. The molecule has 1 fully saturated rings. The average molecular weight is 396 g/mol. The number of piperazine rings is 1. The van der Waals surface area contributed by atoms with Crippen molar-refractivity contribution >= 4 is 11.6 Å². The van der Waals surface area contributed by atoms with Gasteiger partial charge in [-0.05, 0) is 48.9 Å². The van der Waals surface area contributed by atoms with E-state index in [1.807, 2.05) is 36.4 Å². The fourth-order valence-corrected chi connectivity index (χ4v) is 3.98. The lowest BCUT2D eigenvalue weighted by Crippen LogP contribution is -2.47. The van der Waals surface area contributed by atoms with Gasteiger partial charge in [0, 0.05) is 44.8 Å². The molecule has 0 spiro atoms. The van der Waals surface area contributed by atoms with E-state index in [9.17, 15) is 4.79 Å². The van der Waals surface area contributed by atoms with Crippen LogP contribution in [0.25, 0.3) is 0 Å². The summed E-state index contributed by atoms with van der Waals surface area (Å²) < 4.78 is 11.0. The number of rotatable bonds is 7. The lowest BCUT2D eigenvalue weighted by atomic mass is 10.1. The Kier molecular flexibility index (Phi) is 6.20. The normalized spacial score (nSPS) is 18.8. The third kappa shape index (κ3) is 4.82. The van der Waals surface area contributed by atoms with Crippen molar-refractivity contribution in [2.24, 2.45) is 0 Å². The number of hydrogen-bond donors (Lipinski definition) is 1. The number of carbonyl (C=O) groups excluding carboxylic acids is 1. The van der Waals surface area contributed by atoms with E-state index in [-0.39, 0.29) is 12.0 Å². The second-order valence-electron chi connectivity index (χ2n) is 7.59. The maximum atomic E-state index is 12.3. The van der Waals surface area contributed by atoms with Gasteiger partial charge in [-0.3, -0.25) is 9.69 Å². The first-order chi connectivity index (χ1) is 14.2. The number of carbonyl (C=O) groups is 1. The van der Waals surface area contributed by atoms with Gasteiger partial charge in [-0.25, -0.2) is 0 Å². The second-order valence-corrected chi connectivity index (χ2v) is 7.59. The molecule has 0 aliphatic carbocycles. The molecule has 1 N–H and O–H groups in total. The fraction of sp³-hybridized carbons (Fsp3) is 0.435. The molecule has 29 heavy (non-hydrogen) atoms. The number of nitrogens with zero attached hydrogens (tertiary/aromatic N) is 2. The lowest BCUT2D eigenvalue weighted by molar-refractivity contribution is -0.127. The summed E-state index contributed by atoms with van der Waals surface area (Å²) in [5, 5.41) is 3.03. The summed E-state index contributed by atoms with van der Waals surface area (Å²) >= 11 is 0. The zero-order valence-electron chi connectivity index (χ0n) is 17.0. The molecule has 2 aliphatic rings. The summed E-state index contributed by atoms with van der Waals surface area (Å²) in [7, 11) is 1.69. The van der Waals surface area contributed by atoms with Crippen LogP contribution < -0.4 is 19.7 Å². The number of benzene rings is 2. The van der Waals surface area contributed by atoms with Crippen molar-refractivity contribution in [2.75, 3.05) is 51.3 Å². The SMILES string of the molecule is COc1ccc(N2CCN(CCCNC(=O)[C@@H]3Cc4ccccc4O3)CC2)cc1. The molecule has 154 valence electrons. The Morgan fingerprint density at radius 1 is 1.10 bits per heavy atom. The Bertz CT molecular complexity index is 791. The van der Waals surface area contributed by atoms with Crippen molar-refractivity contribution in [2.45, 2.75) is 18.9 Å². The highest BCUT2D eigenvalue weighted by Gasteiger charge is 2.28. The number of para-hydroxylation sites is 1. The van der Waals surface area contributed by atoms with Crippen LogP contribution >= 0.6 is 0 Å². The third-order valence-corrected chi connectivity index (χ3v) is 5.70. The van der Waals surface area contributed by atoms with E-state index in [2.05, 4.69) is 27.2 Å². The van der Waals surface area contributed by atoms with Gasteiger partial charge in [-0.1, -0.05) is 18.2 Å². The number of fused-ring (bicyclic) bond motifs is 1. The van der Waals surface area contributed by atoms with Crippen molar-refractivity contribution < 1.29 is 14.3 Å². The molecule has 1 saturated heterocycles. The van der Waals surface area contributed by atoms with Crippen LogP contribution in [0.1, 0.15) is 12.0 Å². The molecule has 2 aromatic rings. The highest BCUT2D eigenvalue weighted by atomic mass is 16.5. The molecule has 0 bridgehead atoms. The summed E-state index contributed by atoms with van der Waals surface area (Å²) in [4.78, 5) is 17.2. The minimum atomic E-state index is -0.388. The van der Waals surface area contributed by atoms with E-state index in [1.165, 1.54) is 5.69 Å². The Morgan fingerprint density at radius 3 is 2.59 bits per heavy atom. The van der Waals surface area contributed by atoms with E-state index < -0.39 is 0 Å². The summed E-state index contributed by atoms with van der Waals surface area (Å²) in [5.74, 6) is 1.72. The number of methoxy groups -OCH3 is 1. The van der Waals surface area contributed by atoms with E-state index in [0.29, 0.717) is 13.0 Å². The standard InChI is InChI=1S/C23H29N3O3/c1-28-20-9-7-19(8-10-20)26-15-13-25(14-16-26)12-4-11-24-23(27)22-17-18-5-2-3-6-21(18)29-22/h2-3,5-10,22H,4,11-17H2,1H3,(H,24,27)/t22-/m0/s1. The summed E-state index contributed by atoms with van der Waals surface area (Å²) in [6.07, 6.45) is 1.23. The Hall–Kier alpha value is -2.73. The quantitative estimate of drug-likeness (QED) is 0.730. The zero-order chi connectivity index (χ0) is 20.1. The molecule has 6 heteroatoms. The Balaban J connectivity index is 1.13. The molecule has 0 unspecified atom stereocenters. The van der Waals surface area contributed by atoms with Gasteiger partial charge in [0.15, 0.2) is 6.10 Å². The minimum absolute atomic E-state index is 0.00877. The van der Waals surface area contributed by atoms with Gasteiger partial charge in [0.05, 0.1) is 7.11 Å². The van der Waals surface area contributed by atoms with E-state index in [0.717, 1.165) is 56.2 Å². The predicted octanol–water partition coefficient (Wildman–Crippen LogP) is 2.33. The highest BCUT2D eigenvalue weighted by Crippen LogP contribution is 2.28. The predicted molar refractivity (Wildman–Crippen MR) is 114 cm³/mol. The van der Waals surface area contributed by atoms with Gasteiger partial charge in [0.25, 0.3) is 5.91 Å². The van der Waals surface area contributed by atoms with E-state index in [4.69, 9.17) is 9.47 Å². The van der Waals surface area contributed by atoms with Crippen molar-refractivity contribution in [1.29, 1.82) is 0 Å². The fourth-order valence-electron chi connectivity index (χ4n) is 3.98. The topological polar surface area (TPSA) is 54.0 Å². The molecule has 4 rings (SSSR count). The third-order valence-electron chi connectivity index (χ3n) is 5.70. The summed E-state index contributed by atoms with van der Waals surface area (Å²) in [6.45, 7) is 5.82. The van der Waals surface area contributed by atoms with Gasteiger partial charge in [-0.15, -0.1) is 0 Å². The van der Waals surface area contributed by atoms with Crippen LogP contribution in [0.2, 0.25) is 0 Å². The lowest BCUT2D eigenvalue weighted by Gasteiger charge is -2.36.